The van der Waals surface area contributed by atoms with Crippen molar-refractivity contribution in [1.29, 1.82) is 0 Å². The van der Waals surface area contributed by atoms with Gasteiger partial charge in [0.2, 0.25) is 0 Å². The van der Waals surface area contributed by atoms with E-state index in [1.54, 1.807) is 0 Å². The summed E-state index contributed by atoms with van der Waals surface area (Å²) < 4.78 is 24.7. The lowest BCUT2D eigenvalue weighted by Gasteiger charge is -2.15. The summed E-state index contributed by atoms with van der Waals surface area (Å²) in [6, 6.07) is 2.35. The van der Waals surface area contributed by atoms with E-state index < -0.39 is 15.8 Å². The average Bonchev–Trinajstić information content (AvgIpc) is 2.91. The molecule has 0 aromatic heterocycles. The number of likely N-dealkylation sites (tertiary alicyclic amines) is 1. The number of aromatic carboxylic acids is 1. The first-order valence-corrected chi connectivity index (χ1v) is 8.89. The lowest BCUT2D eigenvalue weighted by atomic mass is 10.2. The number of halogens is 2. The van der Waals surface area contributed by atoms with Gasteiger partial charge in [0.05, 0.1) is 21.2 Å². The van der Waals surface area contributed by atoms with Crippen molar-refractivity contribution in [3.63, 3.8) is 0 Å². The van der Waals surface area contributed by atoms with E-state index in [1.807, 2.05) is 0 Å². The van der Waals surface area contributed by atoms with E-state index in [2.05, 4.69) is 4.90 Å². The van der Waals surface area contributed by atoms with Crippen LogP contribution in [0.2, 0.25) is 10.0 Å². The summed E-state index contributed by atoms with van der Waals surface area (Å²) in [5, 5.41) is 8.79. The van der Waals surface area contributed by atoms with Crippen LogP contribution in [0.1, 0.15) is 23.2 Å². The highest BCUT2D eigenvalue weighted by Gasteiger charge is 2.25. The Labute approximate surface area is 133 Å². The predicted molar refractivity (Wildman–Crippen MR) is 81.1 cm³/mol. The molecule has 1 N–H and O–H groups in total. The third kappa shape index (κ3) is 3.88. The number of benzene rings is 1. The van der Waals surface area contributed by atoms with E-state index in [0.29, 0.717) is 6.54 Å². The van der Waals surface area contributed by atoms with Crippen LogP contribution >= 0.6 is 23.2 Å². The maximum absolute atomic E-state index is 12.4. The molecule has 0 amide bonds. The number of rotatable bonds is 5. The van der Waals surface area contributed by atoms with Gasteiger partial charge in [0.1, 0.15) is 0 Å². The molecule has 1 fully saturated rings. The molecule has 8 heteroatoms. The second-order valence-corrected chi connectivity index (χ2v) is 7.83. The molecule has 1 aromatic rings. The Balaban J connectivity index is 2.28. The van der Waals surface area contributed by atoms with E-state index in [0.717, 1.165) is 32.0 Å². The smallest absolute Gasteiger partial charge is 0.337 e. The summed E-state index contributed by atoms with van der Waals surface area (Å²) in [6.07, 6.45) is 2.14. The van der Waals surface area contributed by atoms with Crippen LogP contribution in [0.15, 0.2) is 17.0 Å². The minimum atomic E-state index is -3.68. The Morgan fingerprint density at radius 3 is 2.43 bits per heavy atom. The molecule has 1 aliphatic rings. The Kier molecular flexibility index (Phi) is 5.14. The molecular formula is C13H15Cl2NO4S. The predicted octanol–water partition coefficient (Wildman–Crippen LogP) is 2.56. The molecule has 1 saturated heterocycles. The quantitative estimate of drug-likeness (QED) is 0.882. The maximum atomic E-state index is 12.4. The fourth-order valence-electron chi connectivity index (χ4n) is 2.31. The molecule has 21 heavy (non-hydrogen) atoms. The van der Waals surface area contributed by atoms with Gasteiger partial charge in [-0.25, -0.2) is 13.2 Å². The van der Waals surface area contributed by atoms with Crippen LogP contribution in [-0.4, -0.2) is 49.8 Å². The van der Waals surface area contributed by atoms with Crippen molar-refractivity contribution in [3.8, 4) is 0 Å². The number of carboxylic acids is 1. The monoisotopic (exact) mass is 351 g/mol. The molecule has 0 atom stereocenters. The Morgan fingerprint density at radius 2 is 1.86 bits per heavy atom. The van der Waals surface area contributed by atoms with Crippen molar-refractivity contribution < 1.29 is 18.3 Å². The van der Waals surface area contributed by atoms with Gasteiger partial charge < -0.3 is 10.0 Å². The summed E-state index contributed by atoms with van der Waals surface area (Å²) in [5.41, 5.74) is -0.302. The van der Waals surface area contributed by atoms with Crippen molar-refractivity contribution in [1.82, 2.24) is 4.90 Å². The van der Waals surface area contributed by atoms with Crippen LogP contribution in [0.25, 0.3) is 0 Å². The maximum Gasteiger partial charge on any atom is 0.337 e. The molecule has 0 aliphatic carbocycles. The first-order chi connectivity index (χ1) is 9.81. The van der Waals surface area contributed by atoms with Crippen molar-refractivity contribution >= 4 is 39.0 Å². The Bertz CT molecular complexity index is 654. The summed E-state index contributed by atoms with van der Waals surface area (Å²) in [4.78, 5) is 12.9. The lowest BCUT2D eigenvalue weighted by Crippen LogP contribution is -2.26. The fourth-order valence-corrected chi connectivity index (χ4v) is 4.55. The molecule has 0 radical (unpaired) electrons. The van der Waals surface area contributed by atoms with Crippen LogP contribution in [0.5, 0.6) is 0 Å². The highest BCUT2D eigenvalue weighted by Crippen LogP contribution is 2.30. The second-order valence-electron chi connectivity index (χ2n) is 4.94. The third-order valence-corrected chi connectivity index (χ3v) is 5.89. The van der Waals surface area contributed by atoms with Gasteiger partial charge in [0.25, 0.3) is 0 Å². The van der Waals surface area contributed by atoms with Crippen LogP contribution in [0.4, 0.5) is 0 Å². The Morgan fingerprint density at radius 1 is 1.24 bits per heavy atom. The highest BCUT2D eigenvalue weighted by atomic mass is 35.5. The minimum Gasteiger partial charge on any atom is -0.478 e. The molecular weight excluding hydrogens is 337 g/mol. The number of nitrogens with zero attached hydrogens (tertiary/aromatic N) is 1. The van der Waals surface area contributed by atoms with Crippen molar-refractivity contribution in [2.75, 3.05) is 25.4 Å². The topological polar surface area (TPSA) is 74.7 Å². The number of hydrogen-bond acceptors (Lipinski definition) is 4. The summed E-state index contributed by atoms with van der Waals surface area (Å²) in [5.74, 6) is -1.41. The van der Waals surface area contributed by atoms with Gasteiger partial charge in [0, 0.05) is 11.6 Å². The zero-order valence-electron chi connectivity index (χ0n) is 11.2. The normalized spacial score (nSPS) is 16.3. The number of sulfone groups is 1. The fraction of sp³-hybridized carbons (Fsp3) is 0.462. The van der Waals surface area contributed by atoms with Gasteiger partial charge in [-0.3, -0.25) is 0 Å². The second kappa shape index (κ2) is 6.52. The minimum absolute atomic E-state index is 0.0385. The van der Waals surface area contributed by atoms with Crippen LogP contribution in [-0.2, 0) is 9.84 Å². The molecule has 1 aromatic carbocycles. The summed E-state index contributed by atoms with van der Waals surface area (Å²) in [6.45, 7) is 2.19. The number of carbonyl (C=O) groups is 1. The standard InChI is InChI=1S/C13H15Cl2NO4S/c14-9-7-10(13(17)18)12(15)11(8-9)21(19,20)6-5-16-3-1-2-4-16/h7-8H,1-6H2,(H,17,18). The van der Waals surface area contributed by atoms with Gasteiger partial charge >= 0.3 is 5.97 Å². The molecule has 0 unspecified atom stereocenters. The van der Waals surface area contributed by atoms with E-state index in [9.17, 15) is 13.2 Å². The molecule has 2 rings (SSSR count). The Hall–Kier alpha value is -0.820. The number of carboxylic acid groups (broad SMARTS) is 1. The molecule has 1 aliphatic heterocycles. The van der Waals surface area contributed by atoms with Gasteiger partial charge in [-0.1, -0.05) is 23.2 Å². The molecule has 0 saturated carbocycles. The summed E-state index contributed by atoms with van der Waals surface area (Å²) >= 11 is 11.7. The molecule has 0 bridgehead atoms. The average molecular weight is 352 g/mol. The molecule has 116 valence electrons. The first-order valence-electron chi connectivity index (χ1n) is 6.49. The van der Waals surface area contributed by atoms with Crippen LogP contribution in [0.3, 0.4) is 0 Å². The molecule has 1 heterocycles. The molecule has 5 nitrogen and oxygen atoms in total. The van der Waals surface area contributed by atoms with Gasteiger partial charge in [-0.2, -0.15) is 0 Å². The third-order valence-electron chi connectivity index (χ3n) is 3.44. The summed E-state index contributed by atoms with van der Waals surface area (Å²) in [7, 11) is -3.68. The lowest BCUT2D eigenvalue weighted by molar-refractivity contribution is 0.0697. The van der Waals surface area contributed by atoms with Crippen molar-refractivity contribution in [3.05, 3.63) is 27.7 Å². The molecule has 0 spiro atoms. The largest absolute Gasteiger partial charge is 0.478 e. The van der Waals surface area contributed by atoms with Crippen LogP contribution in [0, 0.1) is 0 Å². The van der Waals surface area contributed by atoms with Gasteiger partial charge in [0.15, 0.2) is 9.84 Å². The SMILES string of the molecule is O=C(O)c1cc(Cl)cc(S(=O)(=O)CCN2CCCC2)c1Cl. The zero-order chi connectivity index (χ0) is 15.6. The van der Waals surface area contributed by atoms with E-state index in [1.165, 1.54) is 6.07 Å². The highest BCUT2D eigenvalue weighted by molar-refractivity contribution is 7.91. The first kappa shape index (κ1) is 16.5. The van der Waals surface area contributed by atoms with Gasteiger partial charge in [-0.15, -0.1) is 0 Å². The zero-order valence-corrected chi connectivity index (χ0v) is 13.5. The van der Waals surface area contributed by atoms with Crippen molar-refractivity contribution in [2.45, 2.75) is 17.7 Å². The van der Waals surface area contributed by atoms with Crippen LogP contribution < -0.4 is 0 Å². The van der Waals surface area contributed by atoms with E-state index in [4.69, 9.17) is 28.3 Å². The van der Waals surface area contributed by atoms with E-state index in [-0.39, 0.29) is 26.3 Å². The van der Waals surface area contributed by atoms with E-state index >= 15 is 0 Å². The number of hydrogen-bond donors (Lipinski definition) is 1. The van der Waals surface area contributed by atoms with Gasteiger partial charge in [-0.05, 0) is 38.1 Å². The van der Waals surface area contributed by atoms with Crippen molar-refractivity contribution in [2.24, 2.45) is 0 Å².